The highest BCUT2D eigenvalue weighted by Crippen LogP contribution is 2.46. The Hall–Kier alpha value is -4.39. The van der Waals surface area contributed by atoms with Gasteiger partial charge < -0.3 is 40.8 Å². The number of rotatable bonds is 14. The van der Waals surface area contributed by atoms with Crippen molar-refractivity contribution < 1.29 is 53.7 Å². The lowest BCUT2D eigenvalue weighted by Crippen LogP contribution is -2.63. The number of nitrogens with two attached hydrogens (primary N) is 1. The Kier molecular flexibility index (Phi) is 10.9. The van der Waals surface area contributed by atoms with Crippen LogP contribution in [0.4, 0.5) is 5.13 Å². The first-order valence-electron chi connectivity index (χ1n) is 15.9. The van der Waals surface area contributed by atoms with E-state index in [9.17, 15) is 44.4 Å². The standard InChI is InChI=1S/C32H37ClN6O10S2/c1-15(35-26(43)17-6-7-20(40)25(42)22(17)33)11-39(8-4-5-9-39)12-16-13-50-28-18(27(44)38(28)24(16)29(45)46)10-21(41)23(19-14-51-31(34)36-19)37-49-32(2,3)30(47)48/h6-7,14-15,18,28H,4-5,8-13H2,1-3H3,(H6-,34,35,36,37,40,41,42,43,45,46,47,48)/p+1/t15-,18+,28+/m0/s1. The number of likely N-dealkylation sites (tertiary alicyclic amines) is 1. The van der Waals surface area contributed by atoms with Gasteiger partial charge in [-0.1, -0.05) is 16.8 Å². The third-order valence-electron chi connectivity index (χ3n) is 9.09. The second kappa shape index (κ2) is 14.7. The Labute approximate surface area is 305 Å². The number of carboxylic acid groups (broad SMARTS) is 2. The fourth-order valence-corrected chi connectivity index (χ4v) is 8.74. The molecule has 1 aromatic heterocycles. The van der Waals surface area contributed by atoms with Crippen molar-refractivity contribution in [2.45, 2.75) is 57.1 Å². The lowest BCUT2D eigenvalue weighted by Gasteiger charge is -2.50. The van der Waals surface area contributed by atoms with Gasteiger partial charge in [0.05, 0.1) is 47.6 Å². The van der Waals surface area contributed by atoms with Crippen LogP contribution in [-0.4, -0.2) is 119 Å². The number of thioether (sulfide) groups is 1. The smallest absolute Gasteiger partial charge is 0.352 e. The molecule has 274 valence electrons. The van der Waals surface area contributed by atoms with Crippen LogP contribution in [-0.2, 0) is 24.0 Å². The van der Waals surface area contributed by atoms with Crippen LogP contribution >= 0.6 is 34.7 Å². The Morgan fingerprint density at radius 3 is 2.51 bits per heavy atom. The summed E-state index contributed by atoms with van der Waals surface area (Å²) in [5, 5.41) is 46.8. The molecule has 5 rings (SSSR count). The number of anilines is 1. The second-order valence-electron chi connectivity index (χ2n) is 13.3. The van der Waals surface area contributed by atoms with E-state index in [0.717, 1.165) is 37.3 Å². The van der Waals surface area contributed by atoms with Gasteiger partial charge in [0.15, 0.2) is 28.1 Å². The van der Waals surface area contributed by atoms with E-state index in [1.54, 1.807) is 0 Å². The molecule has 2 fully saturated rings. The molecule has 3 aliphatic rings. The number of β-lactam (4-membered cyclic amide) rings is 1. The number of aromatic nitrogens is 1. The molecule has 0 unspecified atom stereocenters. The van der Waals surface area contributed by atoms with E-state index in [1.165, 1.54) is 48.0 Å². The quantitative estimate of drug-likeness (QED) is 0.0534. The van der Waals surface area contributed by atoms with E-state index in [-0.39, 0.29) is 39.2 Å². The first kappa shape index (κ1) is 37.9. The molecule has 2 amide bonds. The number of halogens is 1. The number of nitrogen functional groups attached to an aromatic ring is 1. The van der Waals surface area contributed by atoms with Crippen LogP contribution in [0.1, 0.15) is 56.1 Å². The van der Waals surface area contributed by atoms with Gasteiger partial charge in [-0.15, -0.1) is 23.1 Å². The van der Waals surface area contributed by atoms with Crippen LogP contribution in [0, 0.1) is 5.92 Å². The summed E-state index contributed by atoms with van der Waals surface area (Å²) in [5.74, 6) is -5.94. The summed E-state index contributed by atoms with van der Waals surface area (Å²) in [6, 6.07) is 2.08. The number of phenolic OH excluding ortho intramolecular Hbond substituents is 2. The number of carboxylic acids is 2. The van der Waals surface area contributed by atoms with Crippen molar-refractivity contribution in [1.82, 2.24) is 15.2 Å². The summed E-state index contributed by atoms with van der Waals surface area (Å²) in [6.45, 7) is 6.55. The monoisotopic (exact) mass is 765 g/mol. The Balaban J connectivity index is 1.32. The molecule has 1 aromatic carbocycles. The minimum absolute atomic E-state index is 0.00699. The Bertz CT molecular complexity index is 1840. The summed E-state index contributed by atoms with van der Waals surface area (Å²) in [7, 11) is 0. The van der Waals surface area contributed by atoms with Gasteiger partial charge in [0.1, 0.15) is 17.9 Å². The zero-order valence-electron chi connectivity index (χ0n) is 27.9. The first-order chi connectivity index (χ1) is 23.9. The molecule has 3 atom stereocenters. The lowest BCUT2D eigenvalue weighted by molar-refractivity contribution is -0.913. The van der Waals surface area contributed by atoms with Gasteiger partial charge in [0.25, 0.3) is 5.91 Å². The summed E-state index contributed by atoms with van der Waals surface area (Å²) >= 11 is 8.48. The Morgan fingerprint density at radius 2 is 1.90 bits per heavy atom. The second-order valence-corrected chi connectivity index (χ2v) is 15.7. The number of amides is 2. The van der Waals surface area contributed by atoms with Crippen molar-refractivity contribution in [3.8, 4) is 11.5 Å². The molecule has 0 aliphatic carbocycles. The number of nitrogens with zero attached hydrogens (tertiary/aromatic N) is 4. The summed E-state index contributed by atoms with van der Waals surface area (Å²) in [5.41, 5.74) is 4.18. The number of nitrogens with one attached hydrogen (secondary N) is 1. The summed E-state index contributed by atoms with van der Waals surface area (Å²) < 4.78 is 0.473. The minimum atomic E-state index is -1.77. The van der Waals surface area contributed by atoms with Gasteiger partial charge in [-0.25, -0.2) is 14.6 Å². The average Bonchev–Trinajstić information content (AvgIpc) is 3.70. The van der Waals surface area contributed by atoms with Crippen LogP contribution in [0.15, 0.2) is 33.9 Å². The van der Waals surface area contributed by atoms with Gasteiger partial charge in [-0.3, -0.25) is 19.3 Å². The molecule has 2 saturated heterocycles. The van der Waals surface area contributed by atoms with E-state index in [0.29, 0.717) is 28.9 Å². The number of benzene rings is 1. The molecule has 0 spiro atoms. The number of carbonyl (C=O) groups is 5. The molecule has 7 N–H and O–H groups in total. The van der Waals surface area contributed by atoms with E-state index in [4.69, 9.17) is 22.2 Å². The largest absolute Gasteiger partial charge is 0.504 e. The zero-order valence-corrected chi connectivity index (χ0v) is 30.3. The number of hydrogen-bond donors (Lipinski definition) is 6. The van der Waals surface area contributed by atoms with Crippen LogP contribution in [0.25, 0.3) is 0 Å². The number of ketones is 1. The lowest BCUT2D eigenvalue weighted by atomic mass is 9.89. The van der Waals surface area contributed by atoms with Gasteiger partial charge in [-0.2, -0.15) is 0 Å². The van der Waals surface area contributed by atoms with E-state index in [1.807, 2.05) is 6.92 Å². The number of hydrogen-bond acceptors (Lipinski definition) is 13. The van der Waals surface area contributed by atoms with E-state index >= 15 is 0 Å². The van der Waals surface area contributed by atoms with Crippen molar-refractivity contribution in [2.75, 3.05) is 37.7 Å². The van der Waals surface area contributed by atoms with Crippen LogP contribution in [0.2, 0.25) is 5.02 Å². The van der Waals surface area contributed by atoms with E-state index < -0.39 is 64.0 Å². The number of thiazole rings is 1. The number of fused-ring (bicyclic) bond motifs is 1. The van der Waals surface area contributed by atoms with Gasteiger partial charge in [0.2, 0.25) is 11.5 Å². The third kappa shape index (κ3) is 7.78. The fraction of sp³-hybridized carbons (Fsp3) is 0.469. The van der Waals surface area contributed by atoms with Gasteiger partial charge >= 0.3 is 11.9 Å². The maximum Gasteiger partial charge on any atom is 0.352 e. The van der Waals surface area contributed by atoms with Gasteiger partial charge in [0, 0.05) is 36.0 Å². The number of carbonyl (C=O) groups excluding carboxylic acids is 3. The number of aromatic hydroxyl groups is 2. The maximum absolute atomic E-state index is 13.6. The van der Waals surface area contributed by atoms with Crippen LogP contribution in [0.3, 0.4) is 0 Å². The molecule has 2 aromatic rings. The van der Waals surface area contributed by atoms with Crippen LogP contribution in [0.5, 0.6) is 11.5 Å². The molecular formula is C32H38ClN6O10S2+. The predicted molar refractivity (Wildman–Crippen MR) is 187 cm³/mol. The van der Waals surface area contributed by atoms with Crippen molar-refractivity contribution >= 4 is 75.1 Å². The SMILES string of the molecule is C[C@@H](C[N+]1(CC2=C(C(=O)O)N3C(=O)[C@@H](CC(=O)/C(=N\OC(C)(C)C(=O)O)c4csc(N)n4)[C@H]3SC2)CCCC1)NC(=O)c1ccc(O)c(O)c1Cl. The molecule has 0 saturated carbocycles. The van der Waals surface area contributed by atoms with Crippen molar-refractivity contribution in [2.24, 2.45) is 11.1 Å². The highest BCUT2D eigenvalue weighted by atomic mass is 35.5. The van der Waals surface area contributed by atoms with Crippen molar-refractivity contribution in [3.05, 3.63) is 45.1 Å². The number of quaternary nitrogens is 1. The maximum atomic E-state index is 13.6. The van der Waals surface area contributed by atoms with Crippen molar-refractivity contribution in [3.63, 3.8) is 0 Å². The number of oxime groups is 1. The zero-order chi connectivity index (χ0) is 37.4. The molecule has 4 heterocycles. The molecule has 3 aliphatic heterocycles. The highest BCUT2D eigenvalue weighted by molar-refractivity contribution is 8.00. The summed E-state index contributed by atoms with van der Waals surface area (Å²) in [6.07, 6.45) is 1.43. The van der Waals surface area contributed by atoms with E-state index in [2.05, 4.69) is 15.5 Å². The molecule has 51 heavy (non-hydrogen) atoms. The van der Waals surface area contributed by atoms with Crippen LogP contribution < -0.4 is 11.1 Å². The fourth-order valence-electron chi connectivity index (χ4n) is 6.55. The predicted octanol–water partition coefficient (Wildman–Crippen LogP) is 2.63. The average molecular weight is 766 g/mol. The third-order valence-corrected chi connectivity index (χ3v) is 11.5. The Morgan fingerprint density at radius 1 is 1.22 bits per heavy atom. The molecular weight excluding hydrogens is 728 g/mol. The van der Waals surface area contributed by atoms with Crippen molar-refractivity contribution in [1.29, 1.82) is 0 Å². The topological polar surface area (TPSA) is 242 Å². The highest BCUT2D eigenvalue weighted by Gasteiger charge is 2.55. The summed E-state index contributed by atoms with van der Waals surface area (Å²) in [4.78, 5) is 74.8. The molecule has 0 radical (unpaired) electrons. The molecule has 16 nitrogen and oxygen atoms in total. The normalized spacial score (nSPS) is 20.7. The number of Topliss-reactive ketones (excluding diaryl/α,β-unsaturated/α-hetero) is 1. The number of phenols is 2. The molecule has 19 heteroatoms. The van der Waals surface area contributed by atoms with Gasteiger partial charge in [-0.05, 0) is 32.9 Å². The first-order valence-corrected chi connectivity index (χ1v) is 18.3. The molecule has 0 bridgehead atoms. The minimum Gasteiger partial charge on any atom is -0.504 e. The number of aliphatic carboxylic acids is 2.